The van der Waals surface area contributed by atoms with E-state index in [0.29, 0.717) is 19.0 Å². The molecule has 6 nitrogen and oxygen atoms in total. The van der Waals surface area contributed by atoms with Gasteiger partial charge in [-0.2, -0.15) is 4.31 Å². The van der Waals surface area contributed by atoms with Gasteiger partial charge in [-0.1, -0.05) is 18.5 Å². The topological polar surface area (TPSA) is 80.5 Å². The van der Waals surface area contributed by atoms with E-state index in [0.717, 1.165) is 25.3 Å². The van der Waals surface area contributed by atoms with Gasteiger partial charge < -0.3 is 0 Å². The van der Waals surface area contributed by atoms with Crippen molar-refractivity contribution in [2.24, 2.45) is 5.92 Å². The van der Waals surface area contributed by atoms with Crippen molar-refractivity contribution in [2.45, 2.75) is 31.1 Å². The highest BCUT2D eigenvalue weighted by atomic mass is 35.5. The summed E-state index contributed by atoms with van der Waals surface area (Å²) in [5, 5.41) is 10.8. The minimum absolute atomic E-state index is 0.0119. The van der Waals surface area contributed by atoms with E-state index in [1.807, 2.05) is 0 Å². The summed E-state index contributed by atoms with van der Waals surface area (Å²) in [6.07, 6.45) is 2.55. The number of non-ortho nitro benzene ring substituents is 1. The molecule has 1 aliphatic heterocycles. The zero-order valence-electron chi connectivity index (χ0n) is 11.7. The van der Waals surface area contributed by atoms with E-state index in [9.17, 15) is 18.5 Å². The Morgan fingerprint density at radius 1 is 1.33 bits per heavy atom. The summed E-state index contributed by atoms with van der Waals surface area (Å²) < 4.78 is 26.7. The lowest BCUT2D eigenvalue weighted by atomic mass is 10.0. The molecule has 0 saturated carbocycles. The van der Waals surface area contributed by atoms with Gasteiger partial charge in [0.25, 0.3) is 5.69 Å². The molecule has 1 aromatic rings. The van der Waals surface area contributed by atoms with Gasteiger partial charge in [-0.3, -0.25) is 10.1 Å². The fraction of sp³-hybridized carbons (Fsp3) is 0.538. The van der Waals surface area contributed by atoms with Crippen LogP contribution in [0.25, 0.3) is 0 Å². The van der Waals surface area contributed by atoms with E-state index in [1.165, 1.54) is 16.4 Å². The van der Waals surface area contributed by atoms with Gasteiger partial charge in [0, 0.05) is 25.2 Å². The molecule has 1 aromatic carbocycles. The Kier molecular flexibility index (Phi) is 4.85. The Morgan fingerprint density at radius 3 is 2.71 bits per heavy atom. The molecule has 0 spiro atoms. The molecule has 1 saturated heterocycles. The van der Waals surface area contributed by atoms with Crippen LogP contribution in [0.15, 0.2) is 23.1 Å². The van der Waals surface area contributed by atoms with E-state index in [-0.39, 0.29) is 15.6 Å². The summed E-state index contributed by atoms with van der Waals surface area (Å²) in [6.45, 7) is 2.94. The smallest absolute Gasteiger partial charge is 0.258 e. The number of benzene rings is 1. The van der Waals surface area contributed by atoms with E-state index in [4.69, 9.17) is 11.6 Å². The first-order chi connectivity index (χ1) is 9.82. The maximum absolute atomic E-state index is 12.7. The number of hydrogen-bond donors (Lipinski definition) is 0. The summed E-state index contributed by atoms with van der Waals surface area (Å²) in [6, 6.07) is 3.49. The Labute approximate surface area is 128 Å². The first-order valence-electron chi connectivity index (χ1n) is 6.76. The Bertz CT molecular complexity index is 648. The molecule has 0 N–H and O–H groups in total. The Morgan fingerprint density at radius 2 is 2.05 bits per heavy atom. The third-order valence-electron chi connectivity index (χ3n) is 3.72. The molecule has 1 heterocycles. The molecule has 116 valence electrons. The minimum atomic E-state index is -3.80. The van der Waals surface area contributed by atoms with E-state index < -0.39 is 14.9 Å². The van der Waals surface area contributed by atoms with E-state index >= 15 is 0 Å². The highest BCUT2D eigenvalue weighted by molar-refractivity contribution is 7.89. The quantitative estimate of drug-likeness (QED) is 0.629. The van der Waals surface area contributed by atoms with Crippen LogP contribution in [0.2, 0.25) is 5.02 Å². The number of nitro benzene ring substituents is 1. The zero-order chi connectivity index (χ0) is 15.6. The average molecular weight is 333 g/mol. The molecule has 1 aliphatic rings. The van der Waals surface area contributed by atoms with Crippen LogP contribution in [0.1, 0.15) is 26.2 Å². The van der Waals surface area contributed by atoms with E-state index in [2.05, 4.69) is 6.92 Å². The number of halogens is 1. The number of nitrogens with zero attached hydrogens (tertiary/aromatic N) is 2. The molecular formula is C13H17ClN2O4S. The summed E-state index contributed by atoms with van der Waals surface area (Å²) in [4.78, 5) is 10.0. The van der Waals surface area contributed by atoms with Gasteiger partial charge in [-0.25, -0.2) is 8.42 Å². The summed E-state index contributed by atoms with van der Waals surface area (Å²) >= 11 is 5.95. The number of hydrogen-bond acceptors (Lipinski definition) is 4. The van der Waals surface area contributed by atoms with Crippen LogP contribution in [0, 0.1) is 16.0 Å². The third kappa shape index (κ3) is 3.53. The fourth-order valence-electron chi connectivity index (χ4n) is 2.42. The van der Waals surface area contributed by atoms with Gasteiger partial charge in [0.2, 0.25) is 10.0 Å². The largest absolute Gasteiger partial charge is 0.270 e. The highest BCUT2D eigenvalue weighted by Crippen LogP contribution is 2.30. The van der Waals surface area contributed by atoms with Gasteiger partial charge in [-0.15, -0.1) is 0 Å². The van der Waals surface area contributed by atoms with Crippen molar-refractivity contribution in [3.05, 3.63) is 33.3 Å². The van der Waals surface area contributed by atoms with Crippen molar-refractivity contribution in [1.29, 1.82) is 0 Å². The zero-order valence-corrected chi connectivity index (χ0v) is 13.2. The number of sulfonamides is 1. The van der Waals surface area contributed by atoms with Crippen molar-refractivity contribution < 1.29 is 13.3 Å². The van der Waals surface area contributed by atoms with Crippen LogP contribution < -0.4 is 0 Å². The van der Waals surface area contributed by atoms with Crippen molar-refractivity contribution in [2.75, 3.05) is 13.1 Å². The molecule has 1 fully saturated rings. The highest BCUT2D eigenvalue weighted by Gasteiger charge is 2.29. The van der Waals surface area contributed by atoms with Gasteiger partial charge >= 0.3 is 0 Å². The second kappa shape index (κ2) is 6.29. The van der Waals surface area contributed by atoms with Crippen LogP contribution in [0.5, 0.6) is 0 Å². The van der Waals surface area contributed by atoms with Crippen LogP contribution in [-0.4, -0.2) is 30.7 Å². The second-order valence-corrected chi connectivity index (χ2v) is 7.63. The molecule has 8 heteroatoms. The molecule has 1 unspecified atom stereocenters. The second-order valence-electron chi connectivity index (χ2n) is 5.31. The predicted octanol–water partition coefficient (Wildman–Crippen LogP) is 3.06. The molecule has 0 amide bonds. The van der Waals surface area contributed by atoms with Crippen LogP contribution >= 0.6 is 11.6 Å². The molecule has 1 atom stereocenters. The van der Waals surface area contributed by atoms with Crippen LogP contribution in [-0.2, 0) is 10.0 Å². The normalized spacial score (nSPS) is 21.0. The Hall–Kier alpha value is -1.18. The molecule has 0 aliphatic carbocycles. The molecule has 0 aromatic heterocycles. The standard InChI is InChI=1S/C13H17ClN2O4S/c1-10-3-2-7-15(8-6-10)21(19,20)13-9-11(16(17)18)4-5-12(13)14/h4-5,9-10H,2-3,6-8H2,1H3. The van der Waals surface area contributed by atoms with Gasteiger partial charge in [0.1, 0.15) is 4.90 Å². The summed E-state index contributed by atoms with van der Waals surface area (Å²) in [5.41, 5.74) is -0.277. The molecule has 0 bridgehead atoms. The first kappa shape index (κ1) is 16.2. The third-order valence-corrected chi connectivity index (χ3v) is 6.10. The number of rotatable bonds is 3. The van der Waals surface area contributed by atoms with Gasteiger partial charge in [0.05, 0.1) is 9.95 Å². The first-order valence-corrected chi connectivity index (χ1v) is 8.58. The molecule has 0 radical (unpaired) electrons. The average Bonchev–Trinajstić information content (AvgIpc) is 2.64. The van der Waals surface area contributed by atoms with Crippen LogP contribution in [0.4, 0.5) is 5.69 Å². The lowest BCUT2D eigenvalue weighted by Gasteiger charge is -2.20. The van der Waals surface area contributed by atoms with Gasteiger partial charge in [-0.05, 0) is 31.2 Å². The lowest BCUT2D eigenvalue weighted by Crippen LogP contribution is -2.32. The summed E-state index contributed by atoms with van der Waals surface area (Å²) in [7, 11) is -3.80. The van der Waals surface area contributed by atoms with Crippen molar-refractivity contribution in [3.8, 4) is 0 Å². The lowest BCUT2D eigenvalue weighted by molar-refractivity contribution is -0.385. The van der Waals surface area contributed by atoms with E-state index in [1.54, 1.807) is 0 Å². The van der Waals surface area contributed by atoms with Crippen LogP contribution in [0.3, 0.4) is 0 Å². The molecule has 21 heavy (non-hydrogen) atoms. The monoisotopic (exact) mass is 332 g/mol. The summed E-state index contributed by atoms with van der Waals surface area (Å²) in [5.74, 6) is 0.478. The maximum Gasteiger partial charge on any atom is 0.270 e. The van der Waals surface area contributed by atoms with Crippen molar-refractivity contribution in [3.63, 3.8) is 0 Å². The Balaban J connectivity index is 2.39. The van der Waals surface area contributed by atoms with Crippen molar-refractivity contribution in [1.82, 2.24) is 4.31 Å². The van der Waals surface area contributed by atoms with Crippen molar-refractivity contribution >= 4 is 27.3 Å². The predicted molar refractivity (Wildman–Crippen MR) is 79.9 cm³/mol. The number of nitro groups is 1. The molecular weight excluding hydrogens is 316 g/mol. The minimum Gasteiger partial charge on any atom is -0.258 e. The maximum atomic E-state index is 12.7. The molecule has 2 rings (SSSR count). The van der Waals surface area contributed by atoms with Gasteiger partial charge in [0.15, 0.2) is 0 Å². The fourth-order valence-corrected chi connectivity index (χ4v) is 4.41. The SMILES string of the molecule is CC1CCCN(S(=O)(=O)c2cc([N+](=O)[O-])ccc2Cl)CC1.